The van der Waals surface area contributed by atoms with Crippen molar-refractivity contribution in [2.24, 2.45) is 0 Å². The number of aromatic nitrogens is 2. The normalized spacial score (nSPS) is 20.5. The van der Waals surface area contributed by atoms with E-state index in [4.69, 9.17) is 4.74 Å². The summed E-state index contributed by atoms with van der Waals surface area (Å²) in [7, 11) is 0. The van der Waals surface area contributed by atoms with E-state index in [1.165, 1.54) is 12.1 Å². The van der Waals surface area contributed by atoms with Gasteiger partial charge in [-0.3, -0.25) is 4.79 Å². The van der Waals surface area contributed by atoms with Crippen molar-refractivity contribution in [3.8, 4) is 0 Å². The molecule has 1 fully saturated rings. The van der Waals surface area contributed by atoms with Crippen LogP contribution in [0.3, 0.4) is 0 Å². The molecule has 1 unspecified atom stereocenters. The van der Waals surface area contributed by atoms with E-state index in [1.54, 1.807) is 18.7 Å². The number of carbonyl (C=O) groups excluding carboxylic acids is 1. The number of nitrogens with one attached hydrogen (secondary N) is 1. The summed E-state index contributed by atoms with van der Waals surface area (Å²) >= 11 is 2.08. The molecule has 2 heterocycles. The van der Waals surface area contributed by atoms with Gasteiger partial charge in [-0.2, -0.15) is 13.9 Å². The fourth-order valence-electron chi connectivity index (χ4n) is 5.14. The fourth-order valence-corrected chi connectivity index (χ4v) is 5.76. The first-order valence-electron chi connectivity index (χ1n) is 12.7. The smallest absolute Gasteiger partial charge is 0.303 e. The fraction of sp³-hybridized carbons (Fsp3) is 0.464. The van der Waals surface area contributed by atoms with Gasteiger partial charge in [-0.05, 0) is 65.7 Å². The molecular formula is C28H30F3IN4O3. The first kappa shape index (κ1) is 28.0. The van der Waals surface area contributed by atoms with Crippen LogP contribution in [-0.4, -0.2) is 37.5 Å². The minimum absolute atomic E-state index is 0.00841. The summed E-state index contributed by atoms with van der Waals surface area (Å²) in [5.41, 5.74) is -2.34. The Labute approximate surface area is 238 Å². The maximum absolute atomic E-state index is 15.4. The van der Waals surface area contributed by atoms with Crippen LogP contribution < -0.4 is 10.2 Å². The van der Waals surface area contributed by atoms with Crippen molar-refractivity contribution in [2.45, 2.75) is 76.7 Å². The van der Waals surface area contributed by atoms with Gasteiger partial charge in [0.25, 0.3) is 5.91 Å². The van der Waals surface area contributed by atoms with Crippen LogP contribution in [0.1, 0.15) is 69.0 Å². The molecule has 0 bridgehead atoms. The second-order valence-electron chi connectivity index (χ2n) is 11.0. The second kappa shape index (κ2) is 9.55. The van der Waals surface area contributed by atoms with Gasteiger partial charge < -0.3 is 20.1 Å². The second-order valence-corrected chi connectivity index (χ2v) is 11.6. The molecule has 1 saturated carbocycles. The molecule has 0 saturated heterocycles. The average molecular weight is 654 g/mol. The minimum atomic E-state index is -3.81. The number of nitrogens with zero attached hydrogens (tertiary/aromatic N) is 3. The third-order valence-electron chi connectivity index (χ3n) is 7.69. The van der Waals surface area contributed by atoms with E-state index in [0.29, 0.717) is 21.5 Å². The van der Waals surface area contributed by atoms with Crippen molar-refractivity contribution in [3.63, 3.8) is 0 Å². The number of aliphatic hydroxyl groups is 1. The van der Waals surface area contributed by atoms with Gasteiger partial charge in [-0.1, -0.05) is 34.7 Å². The van der Waals surface area contributed by atoms with Gasteiger partial charge in [-0.15, -0.1) is 5.10 Å². The van der Waals surface area contributed by atoms with Crippen LogP contribution in [-0.2, 0) is 21.1 Å². The van der Waals surface area contributed by atoms with E-state index >= 15 is 4.39 Å². The van der Waals surface area contributed by atoms with Crippen molar-refractivity contribution < 1.29 is 27.8 Å². The van der Waals surface area contributed by atoms with Crippen molar-refractivity contribution in [2.75, 3.05) is 14.8 Å². The number of amides is 1. The van der Waals surface area contributed by atoms with Crippen LogP contribution >= 0.6 is 22.6 Å². The molecule has 2 aromatic carbocycles. The number of hydrogen-bond donors (Lipinski definition) is 2. The van der Waals surface area contributed by atoms with Crippen LogP contribution in [0.25, 0.3) is 10.8 Å². The molecule has 1 aliphatic heterocycles. The summed E-state index contributed by atoms with van der Waals surface area (Å²) in [6.45, 7) is 7.11. The van der Waals surface area contributed by atoms with Gasteiger partial charge in [0, 0.05) is 27.9 Å². The average Bonchev–Trinajstić information content (AvgIpc) is 3.67. The molecular weight excluding hydrogens is 624 g/mol. The molecule has 1 aromatic heterocycles. The number of carbonyl (C=O) groups is 1. The van der Waals surface area contributed by atoms with Gasteiger partial charge in [0.1, 0.15) is 11.4 Å². The van der Waals surface area contributed by atoms with Gasteiger partial charge >= 0.3 is 5.92 Å². The van der Waals surface area contributed by atoms with Crippen LogP contribution in [0, 0.1) is 12.7 Å². The zero-order chi connectivity index (χ0) is 28.5. The van der Waals surface area contributed by atoms with E-state index in [-0.39, 0.29) is 17.5 Å². The number of fused-ring (bicyclic) bond motifs is 2. The van der Waals surface area contributed by atoms with Gasteiger partial charge in [0.15, 0.2) is 11.4 Å². The Balaban J connectivity index is 1.59. The van der Waals surface area contributed by atoms with Crippen LogP contribution in [0.4, 0.5) is 24.7 Å². The Bertz CT molecular complexity index is 1470. The quantitative estimate of drug-likeness (QED) is 0.221. The highest BCUT2D eigenvalue weighted by Crippen LogP contribution is 2.50. The van der Waals surface area contributed by atoms with E-state index in [0.717, 1.165) is 49.4 Å². The zero-order valence-electron chi connectivity index (χ0n) is 22.3. The number of benzene rings is 2. The van der Waals surface area contributed by atoms with E-state index < -0.39 is 34.5 Å². The Morgan fingerprint density at radius 1 is 1.26 bits per heavy atom. The standard InChI is InChI=1S/C28H30F3IN4O3/c1-14(17-7-6-8-20(23(17)29)28(30,31)26(3,4)38)33-24-19-12-22-21(11-18(19)15(2)34-35-24)27(5,39-13-32)25(37)36(22)16-9-10-16/h6-8,11-12,14,16,38H,9-10,13H2,1-5H3,(H,33,35)/t14-,27?/m1/s1. The predicted octanol–water partition coefficient (Wildman–Crippen LogP) is 6.25. The lowest BCUT2D eigenvalue weighted by Gasteiger charge is -2.30. The van der Waals surface area contributed by atoms with Crippen LogP contribution in [0.2, 0.25) is 0 Å². The Hall–Kier alpha value is -2.51. The Kier molecular flexibility index (Phi) is 6.86. The summed E-state index contributed by atoms with van der Waals surface area (Å²) in [6.07, 6.45) is 1.81. The highest BCUT2D eigenvalue weighted by atomic mass is 127. The number of halogens is 4. The monoisotopic (exact) mass is 654 g/mol. The zero-order valence-corrected chi connectivity index (χ0v) is 24.4. The molecule has 0 spiro atoms. The highest BCUT2D eigenvalue weighted by molar-refractivity contribution is 14.1. The molecule has 39 heavy (non-hydrogen) atoms. The molecule has 1 amide bonds. The number of aryl methyl sites for hydroxylation is 1. The molecule has 0 radical (unpaired) electrons. The van der Waals surface area contributed by atoms with Crippen molar-refractivity contribution in [1.29, 1.82) is 0 Å². The number of alkyl halides is 3. The predicted molar refractivity (Wildman–Crippen MR) is 151 cm³/mol. The molecule has 5 rings (SSSR count). The molecule has 2 aliphatic rings. The van der Waals surface area contributed by atoms with Crippen LogP contribution in [0.15, 0.2) is 30.3 Å². The molecule has 208 valence electrons. The summed E-state index contributed by atoms with van der Waals surface area (Å²) in [5.74, 6) is -4.70. The van der Waals surface area contributed by atoms with Gasteiger partial charge in [-0.25, -0.2) is 4.39 Å². The maximum atomic E-state index is 15.4. The maximum Gasteiger partial charge on any atom is 0.303 e. The summed E-state index contributed by atoms with van der Waals surface area (Å²) < 4.78 is 51.5. The van der Waals surface area contributed by atoms with Gasteiger partial charge in [0.2, 0.25) is 0 Å². The number of rotatable bonds is 8. The van der Waals surface area contributed by atoms with E-state index in [9.17, 15) is 18.7 Å². The summed E-state index contributed by atoms with van der Waals surface area (Å²) in [6, 6.07) is 6.85. The molecule has 7 nitrogen and oxygen atoms in total. The summed E-state index contributed by atoms with van der Waals surface area (Å²) in [4.78, 5) is 15.3. The Morgan fingerprint density at radius 2 is 1.95 bits per heavy atom. The third-order valence-corrected chi connectivity index (χ3v) is 8.00. The lowest BCUT2D eigenvalue weighted by Crippen LogP contribution is -2.41. The Morgan fingerprint density at radius 3 is 2.56 bits per heavy atom. The molecule has 11 heteroatoms. The molecule has 2 N–H and O–H groups in total. The molecule has 2 atom stereocenters. The van der Waals surface area contributed by atoms with E-state index in [2.05, 4.69) is 38.1 Å². The first-order valence-corrected chi connectivity index (χ1v) is 14.3. The first-order chi connectivity index (χ1) is 18.2. The largest absolute Gasteiger partial charge is 0.384 e. The number of hydrogen-bond acceptors (Lipinski definition) is 6. The van der Waals surface area contributed by atoms with Crippen molar-refractivity contribution in [3.05, 3.63) is 58.5 Å². The topological polar surface area (TPSA) is 87.6 Å². The number of ether oxygens (including phenoxy) is 1. The molecule has 3 aromatic rings. The third kappa shape index (κ3) is 4.46. The van der Waals surface area contributed by atoms with Gasteiger partial charge in [0.05, 0.1) is 27.6 Å². The lowest BCUT2D eigenvalue weighted by atomic mass is 9.91. The van der Waals surface area contributed by atoms with Crippen LogP contribution in [0.5, 0.6) is 0 Å². The minimum Gasteiger partial charge on any atom is -0.384 e. The van der Waals surface area contributed by atoms with Crippen molar-refractivity contribution >= 4 is 50.8 Å². The van der Waals surface area contributed by atoms with E-state index in [1.807, 2.05) is 19.1 Å². The highest BCUT2D eigenvalue weighted by Gasteiger charge is 2.53. The number of anilines is 2. The SMILES string of the molecule is Cc1nnc(N[C@H](C)c2cccc(C(F)(F)C(C)(C)O)c2F)c2cc3c(cc12)C(C)(OCI)C(=O)N3C1CC1. The van der Waals surface area contributed by atoms with Crippen molar-refractivity contribution in [1.82, 2.24) is 10.2 Å². The molecule has 1 aliphatic carbocycles. The summed E-state index contributed by atoms with van der Waals surface area (Å²) in [5, 5.41) is 23.1. The lowest BCUT2D eigenvalue weighted by molar-refractivity contribution is -0.170.